The third-order valence-corrected chi connectivity index (χ3v) is 2.96. The number of hydrogen-bond acceptors (Lipinski definition) is 3. The van der Waals surface area contributed by atoms with Crippen molar-refractivity contribution in [3.8, 4) is 0 Å². The number of aliphatic hydroxyl groups is 1. The summed E-state index contributed by atoms with van der Waals surface area (Å²) in [5.41, 5.74) is 0. The Balaban J connectivity index is 4.35. The first-order valence-electron chi connectivity index (χ1n) is 7.26. The van der Waals surface area contributed by atoms with Crippen molar-refractivity contribution in [1.82, 2.24) is 10.2 Å². The van der Waals surface area contributed by atoms with Crippen LogP contribution in [0.25, 0.3) is 0 Å². The van der Waals surface area contributed by atoms with Gasteiger partial charge in [-0.3, -0.25) is 4.79 Å². The van der Waals surface area contributed by atoms with Crippen molar-refractivity contribution in [2.45, 2.75) is 40.0 Å². The molecular formula is C14H28N2O4. The van der Waals surface area contributed by atoms with Crippen LogP contribution in [0.2, 0.25) is 0 Å². The molecule has 0 fully saturated rings. The zero-order valence-corrected chi connectivity index (χ0v) is 12.8. The average Bonchev–Trinajstić information content (AvgIpc) is 2.34. The maximum Gasteiger partial charge on any atom is 0.317 e. The predicted octanol–water partition coefficient (Wildman–Crippen LogP) is 1.54. The van der Waals surface area contributed by atoms with E-state index in [0.717, 1.165) is 12.8 Å². The summed E-state index contributed by atoms with van der Waals surface area (Å²) in [6, 6.07) is -0.236. The van der Waals surface area contributed by atoms with Crippen molar-refractivity contribution >= 4 is 12.0 Å². The number of hydrogen-bond donors (Lipinski definition) is 3. The number of urea groups is 1. The topological polar surface area (TPSA) is 89.9 Å². The fourth-order valence-electron chi connectivity index (χ4n) is 2.20. The minimum absolute atomic E-state index is 0.0611. The molecule has 0 heterocycles. The van der Waals surface area contributed by atoms with Gasteiger partial charge in [-0.1, -0.05) is 20.8 Å². The molecule has 0 spiro atoms. The summed E-state index contributed by atoms with van der Waals surface area (Å²) in [5.74, 6) is -0.514. The lowest BCUT2D eigenvalue weighted by Gasteiger charge is -2.24. The Morgan fingerprint density at radius 3 is 2.35 bits per heavy atom. The maximum atomic E-state index is 12.0. The van der Waals surface area contributed by atoms with Gasteiger partial charge in [0.1, 0.15) is 0 Å². The van der Waals surface area contributed by atoms with Crippen LogP contribution in [-0.4, -0.2) is 53.4 Å². The van der Waals surface area contributed by atoms with Crippen LogP contribution in [0.15, 0.2) is 0 Å². The number of nitrogens with one attached hydrogen (secondary N) is 1. The zero-order chi connectivity index (χ0) is 15.5. The molecule has 0 aliphatic rings. The van der Waals surface area contributed by atoms with Crippen molar-refractivity contribution < 1.29 is 19.8 Å². The Bertz CT molecular complexity index is 289. The SMILES string of the molecule is CCCN(CCO)C(=O)NCC(CC(=O)O)CC(C)C. The van der Waals surface area contributed by atoms with Gasteiger partial charge in [0.25, 0.3) is 0 Å². The second kappa shape index (κ2) is 10.5. The second-order valence-electron chi connectivity index (χ2n) is 5.49. The first-order chi connectivity index (χ1) is 9.40. The largest absolute Gasteiger partial charge is 0.481 e. The van der Waals surface area contributed by atoms with Crippen LogP contribution in [0.4, 0.5) is 4.79 Å². The van der Waals surface area contributed by atoms with Gasteiger partial charge in [0.15, 0.2) is 0 Å². The van der Waals surface area contributed by atoms with E-state index in [1.54, 1.807) is 4.90 Å². The number of amides is 2. The van der Waals surface area contributed by atoms with E-state index in [1.165, 1.54) is 0 Å². The van der Waals surface area contributed by atoms with Crippen LogP contribution in [-0.2, 0) is 4.79 Å². The van der Waals surface area contributed by atoms with Crippen LogP contribution < -0.4 is 5.32 Å². The molecule has 0 aliphatic heterocycles. The van der Waals surface area contributed by atoms with E-state index in [2.05, 4.69) is 5.32 Å². The molecular weight excluding hydrogens is 260 g/mol. The molecule has 118 valence electrons. The van der Waals surface area contributed by atoms with Gasteiger partial charge < -0.3 is 20.4 Å². The first-order valence-corrected chi connectivity index (χ1v) is 7.26. The summed E-state index contributed by atoms with van der Waals surface area (Å²) < 4.78 is 0. The lowest BCUT2D eigenvalue weighted by Crippen LogP contribution is -2.43. The number of aliphatic carboxylic acids is 1. The number of carbonyl (C=O) groups is 2. The summed E-state index contributed by atoms with van der Waals surface area (Å²) in [6.45, 7) is 7.20. The standard InChI is InChI=1S/C14H28N2O4/c1-4-5-16(6-7-17)14(20)15-10-12(8-11(2)3)9-13(18)19/h11-12,17H,4-10H2,1-3H3,(H,15,20)(H,18,19). The average molecular weight is 288 g/mol. The minimum Gasteiger partial charge on any atom is -0.481 e. The summed E-state index contributed by atoms with van der Waals surface area (Å²) in [5, 5.41) is 20.6. The van der Waals surface area contributed by atoms with Crippen LogP contribution in [0.5, 0.6) is 0 Å². The molecule has 6 heteroatoms. The van der Waals surface area contributed by atoms with Crippen molar-refractivity contribution in [2.75, 3.05) is 26.2 Å². The van der Waals surface area contributed by atoms with Crippen LogP contribution in [0.1, 0.15) is 40.0 Å². The lowest BCUT2D eigenvalue weighted by atomic mass is 9.94. The second-order valence-corrected chi connectivity index (χ2v) is 5.49. The normalized spacial score (nSPS) is 12.2. The Morgan fingerprint density at radius 1 is 1.25 bits per heavy atom. The van der Waals surface area contributed by atoms with Crippen LogP contribution >= 0.6 is 0 Å². The van der Waals surface area contributed by atoms with E-state index in [1.807, 2.05) is 20.8 Å². The molecule has 0 rings (SSSR count). The molecule has 20 heavy (non-hydrogen) atoms. The van der Waals surface area contributed by atoms with E-state index in [9.17, 15) is 9.59 Å². The quantitative estimate of drug-likeness (QED) is 0.569. The van der Waals surface area contributed by atoms with Gasteiger partial charge in [0.05, 0.1) is 6.61 Å². The number of nitrogens with zero attached hydrogens (tertiary/aromatic N) is 1. The van der Waals surface area contributed by atoms with Crippen molar-refractivity contribution in [3.05, 3.63) is 0 Å². The maximum absolute atomic E-state index is 12.0. The predicted molar refractivity (Wildman–Crippen MR) is 77.5 cm³/mol. The molecule has 6 nitrogen and oxygen atoms in total. The molecule has 0 aliphatic carbocycles. The van der Waals surface area contributed by atoms with Crippen LogP contribution in [0.3, 0.4) is 0 Å². The highest BCUT2D eigenvalue weighted by Crippen LogP contribution is 2.14. The molecule has 2 amide bonds. The van der Waals surface area contributed by atoms with Crippen LogP contribution in [0, 0.1) is 11.8 Å². The van der Waals surface area contributed by atoms with Gasteiger partial charge in [0.2, 0.25) is 0 Å². The lowest BCUT2D eigenvalue weighted by molar-refractivity contribution is -0.138. The van der Waals surface area contributed by atoms with Crippen molar-refractivity contribution in [3.63, 3.8) is 0 Å². The third kappa shape index (κ3) is 8.74. The number of aliphatic hydroxyl groups excluding tert-OH is 1. The molecule has 0 saturated heterocycles. The molecule has 0 saturated carbocycles. The monoisotopic (exact) mass is 288 g/mol. The van der Waals surface area contributed by atoms with E-state index in [4.69, 9.17) is 10.2 Å². The minimum atomic E-state index is -0.842. The van der Waals surface area contributed by atoms with E-state index in [-0.39, 0.29) is 25.0 Å². The van der Waals surface area contributed by atoms with Crippen molar-refractivity contribution in [1.29, 1.82) is 0 Å². The first kappa shape index (κ1) is 18.7. The highest BCUT2D eigenvalue weighted by Gasteiger charge is 2.18. The summed E-state index contributed by atoms with van der Waals surface area (Å²) in [6.07, 6.45) is 1.64. The van der Waals surface area contributed by atoms with Gasteiger partial charge in [-0.2, -0.15) is 0 Å². The molecule has 0 radical (unpaired) electrons. The molecule has 0 aromatic heterocycles. The highest BCUT2D eigenvalue weighted by atomic mass is 16.4. The number of carboxylic acids is 1. The fourth-order valence-corrected chi connectivity index (χ4v) is 2.20. The van der Waals surface area contributed by atoms with E-state index in [0.29, 0.717) is 25.6 Å². The molecule has 3 N–H and O–H groups in total. The number of carboxylic acid groups (broad SMARTS) is 1. The summed E-state index contributed by atoms with van der Waals surface area (Å²) >= 11 is 0. The third-order valence-electron chi connectivity index (χ3n) is 2.96. The van der Waals surface area contributed by atoms with Gasteiger partial charge in [-0.25, -0.2) is 4.79 Å². The Kier molecular flexibility index (Phi) is 9.80. The smallest absolute Gasteiger partial charge is 0.317 e. The number of carbonyl (C=O) groups excluding carboxylic acids is 1. The Labute approximate surface area is 121 Å². The zero-order valence-electron chi connectivity index (χ0n) is 12.8. The molecule has 0 aromatic rings. The van der Waals surface area contributed by atoms with Gasteiger partial charge in [-0.05, 0) is 24.7 Å². The summed E-state index contributed by atoms with van der Waals surface area (Å²) in [7, 11) is 0. The van der Waals surface area contributed by atoms with Gasteiger partial charge in [0, 0.05) is 26.1 Å². The molecule has 0 bridgehead atoms. The molecule has 0 aromatic carbocycles. The van der Waals surface area contributed by atoms with Crippen molar-refractivity contribution in [2.24, 2.45) is 11.8 Å². The Hall–Kier alpha value is -1.30. The molecule has 1 unspecified atom stereocenters. The summed E-state index contributed by atoms with van der Waals surface area (Å²) in [4.78, 5) is 24.3. The van der Waals surface area contributed by atoms with Gasteiger partial charge in [-0.15, -0.1) is 0 Å². The van der Waals surface area contributed by atoms with Gasteiger partial charge >= 0.3 is 12.0 Å². The highest BCUT2D eigenvalue weighted by molar-refractivity contribution is 5.74. The fraction of sp³-hybridized carbons (Fsp3) is 0.857. The Morgan fingerprint density at radius 2 is 1.90 bits per heavy atom. The number of rotatable bonds is 10. The van der Waals surface area contributed by atoms with E-state index < -0.39 is 5.97 Å². The molecule has 1 atom stereocenters. The van der Waals surface area contributed by atoms with E-state index >= 15 is 0 Å².